The lowest BCUT2D eigenvalue weighted by Crippen LogP contribution is -2.54. The van der Waals surface area contributed by atoms with E-state index in [1.165, 1.54) is 17.0 Å². The molecule has 186 valence electrons. The van der Waals surface area contributed by atoms with Crippen LogP contribution in [0.3, 0.4) is 0 Å². The minimum absolute atomic E-state index is 0.0541. The van der Waals surface area contributed by atoms with E-state index in [0.717, 1.165) is 5.56 Å². The highest BCUT2D eigenvalue weighted by atomic mass is 35.5. The molecule has 0 heterocycles. The predicted molar refractivity (Wildman–Crippen MR) is 130 cm³/mol. The van der Waals surface area contributed by atoms with Crippen LogP contribution in [0.2, 0.25) is 5.02 Å². The molecule has 0 unspecified atom stereocenters. The van der Waals surface area contributed by atoms with Crippen molar-refractivity contribution < 1.29 is 29.1 Å². The molecule has 2 atom stereocenters. The normalized spacial score (nSPS) is 12.3. The van der Waals surface area contributed by atoms with E-state index in [0.29, 0.717) is 16.9 Å². The minimum Gasteiger partial charge on any atom is -0.480 e. The molecule has 0 saturated heterocycles. The van der Waals surface area contributed by atoms with Gasteiger partial charge in [-0.2, -0.15) is 0 Å². The summed E-state index contributed by atoms with van der Waals surface area (Å²) in [7, 11) is 0. The number of carbonyl (C=O) groups is 5. The Bertz CT molecular complexity index is 1040. The Morgan fingerprint density at radius 3 is 2.17 bits per heavy atom. The van der Waals surface area contributed by atoms with E-state index in [-0.39, 0.29) is 12.5 Å². The van der Waals surface area contributed by atoms with E-state index in [4.69, 9.17) is 11.6 Å². The fraction of sp³-hybridized carbons (Fsp3) is 0.320. The Labute approximate surface area is 208 Å². The van der Waals surface area contributed by atoms with Gasteiger partial charge in [0.05, 0.1) is 6.54 Å². The highest BCUT2D eigenvalue weighted by Crippen LogP contribution is 2.14. The molecule has 2 rings (SSSR count). The molecule has 35 heavy (non-hydrogen) atoms. The van der Waals surface area contributed by atoms with E-state index in [1.54, 1.807) is 50.2 Å². The van der Waals surface area contributed by atoms with Crippen molar-refractivity contribution in [1.29, 1.82) is 0 Å². The molecule has 0 aliphatic rings. The molecule has 2 aromatic carbocycles. The van der Waals surface area contributed by atoms with Crippen molar-refractivity contribution in [3.8, 4) is 0 Å². The zero-order valence-corrected chi connectivity index (χ0v) is 20.2. The molecule has 2 aromatic rings. The largest absolute Gasteiger partial charge is 0.480 e. The van der Waals surface area contributed by atoms with E-state index in [9.17, 15) is 29.1 Å². The molecule has 9 nitrogen and oxygen atoms in total. The summed E-state index contributed by atoms with van der Waals surface area (Å²) in [4.78, 5) is 62.2. The first-order valence-electron chi connectivity index (χ1n) is 11.0. The van der Waals surface area contributed by atoms with Gasteiger partial charge in [0.25, 0.3) is 5.91 Å². The molecule has 0 aliphatic heterocycles. The van der Waals surface area contributed by atoms with Crippen molar-refractivity contribution in [2.24, 2.45) is 5.92 Å². The van der Waals surface area contributed by atoms with Gasteiger partial charge in [-0.15, -0.1) is 0 Å². The van der Waals surface area contributed by atoms with Gasteiger partial charge in [0.15, 0.2) is 0 Å². The number of carbonyl (C=O) groups excluding carboxylic acids is 4. The molecule has 0 fully saturated rings. The van der Waals surface area contributed by atoms with Crippen molar-refractivity contribution in [1.82, 2.24) is 15.5 Å². The van der Waals surface area contributed by atoms with Crippen molar-refractivity contribution >= 4 is 41.6 Å². The molecule has 3 N–H and O–H groups in total. The van der Waals surface area contributed by atoms with Crippen LogP contribution in [0, 0.1) is 5.92 Å². The maximum atomic E-state index is 13.5. The average molecular weight is 502 g/mol. The molecular formula is C25H28ClN3O6. The number of amides is 3. The fourth-order valence-corrected chi connectivity index (χ4v) is 3.41. The second-order valence-electron chi connectivity index (χ2n) is 8.24. The summed E-state index contributed by atoms with van der Waals surface area (Å²) in [5.41, 5.74) is 1.06. The summed E-state index contributed by atoms with van der Waals surface area (Å²) < 4.78 is 0. The van der Waals surface area contributed by atoms with Crippen molar-refractivity contribution in [2.75, 3.05) is 6.54 Å². The van der Waals surface area contributed by atoms with Crippen LogP contribution in [0.4, 0.5) is 0 Å². The second-order valence-corrected chi connectivity index (χ2v) is 8.68. The van der Waals surface area contributed by atoms with Crippen molar-refractivity contribution in [2.45, 2.75) is 38.9 Å². The highest BCUT2D eigenvalue weighted by molar-refractivity contribution is 6.30. The summed E-state index contributed by atoms with van der Waals surface area (Å²) in [6.07, 6.45) is -0.00742. The first-order valence-corrected chi connectivity index (χ1v) is 11.3. The summed E-state index contributed by atoms with van der Waals surface area (Å²) in [5, 5.41) is 14.7. The third-order valence-corrected chi connectivity index (χ3v) is 5.41. The monoisotopic (exact) mass is 501 g/mol. The standard InChI is InChI=1S/C25H28ClN3O6/c1-16(2)22(28-23(32)18-8-10-19(26)11-9-18)24(33)29(14-17-6-4-3-5-7-17)15-21(31)27-20(12-13-30)25(34)35/h3-11,13,16,20,22H,12,14-15H2,1-2H3,(H,27,31)(H,28,32)(H,34,35)/t20-,22-/m0/s1. The molecule has 0 spiro atoms. The molecule has 3 amide bonds. The average Bonchev–Trinajstić information content (AvgIpc) is 2.82. The van der Waals surface area contributed by atoms with Crippen LogP contribution in [-0.2, 0) is 25.7 Å². The minimum atomic E-state index is -1.40. The molecule has 0 radical (unpaired) electrons. The Morgan fingerprint density at radius 2 is 1.63 bits per heavy atom. The van der Waals surface area contributed by atoms with Crippen LogP contribution >= 0.6 is 11.6 Å². The Hall–Kier alpha value is -3.72. The summed E-state index contributed by atoms with van der Waals surface area (Å²) in [6.45, 7) is 3.11. The zero-order chi connectivity index (χ0) is 26.0. The number of aldehydes is 1. The third-order valence-electron chi connectivity index (χ3n) is 5.15. The summed E-state index contributed by atoms with van der Waals surface area (Å²) in [5.74, 6) is -3.41. The first-order chi connectivity index (χ1) is 16.6. The summed E-state index contributed by atoms with van der Waals surface area (Å²) >= 11 is 5.88. The van der Waals surface area contributed by atoms with Gasteiger partial charge in [0.2, 0.25) is 11.8 Å². The van der Waals surface area contributed by atoms with E-state index >= 15 is 0 Å². The van der Waals surface area contributed by atoms with Crippen LogP contribution in [0.1, 0.15) is 36.2 Å². The number of hydrogen-bond donors (Lipinski definition) is 3. The van der Waals surface area contributed by atoms with Crippen molar-refractivity contribution in [3.63, 3.8) is 0 Å². The van der Waals surface area contributed by atoms with Gasteiger partial charge in [-0.05, 0) is 35.7 Å². The maximum Gasteiger partial charge on any atom is 0.326 e. The van der Waals surface area contributed by atoms with Gasteiger partial charge >= 0.3 is 5.97 Å². The maximum absolute atomic E-state index is 13.5. The van der Waals surface area contributed by atoms with Crippen LogP contribution in [0.25, 0.3) is 0 Å². The highest BCUT2D eigenvalue weighted by Gasteiger charge is 2.31. The lowest BCUT2D eigenvalue weighted by Gasteiger charge is -2.30. The number of carboxylic acids is 1. The Balaban J connectivity index is 2.25. The number of benzene rings is 2. The SMILES string of the molecule is CC(C)[C@H](NC(=O)c1ccc(Cl)cc1)C(=O)N(CC(=O)N[C@@H](CC=O)C(=O)O)Cc1ccccc1. The summed E-state index contributed by atoms with van der Waals surface area (Å²) in [6, 6.07) is 12.8. The number of rotatable bonds is 12. The molecule has 0 saturated carbocycles. The quantitative estimate of drug-likeness (QED) is 0.382. The zero-order valence-electron chi connectivity index (χ0n) is 19.4. The van der Waals surface area contributed by atoms with Gasteiger partial charge in [0, 0.05) is 23.6 Å². The van der Waals surface area contributed by atoms with E-state index in [1.807, 2.05) is 6.07 Å². The van der Waals surface area contributed by atoms with Gasteiger partial charge in [-0.1, -0.05) is 55.8 Å². The number of nitrogens with one attached hydrogen (secondary N) is 2. The van der Waals surface area contributed by atoms with Gasteiger partial charge < -0.3 is 25.4 Å². The van der Waals surface area contributed by atoms with Crippen LogP contribution in [0.5, 0.6) is 0 Å². The van der Waals surface area contributed by atoms with Gasteiger partial charge in [-0.3, -0.25) is 14.4 Å². The molecule has 0 aliphatic carbocycles. The number of carboxylic acid groups (broad SMARTS) is 1. The second kappa shape index (κ2) is 13.2. The Kier molecular flexibility index (Phi) is 10.4. The number of halogens is 1. The van der Waals surface area contributed by atoms with Gasteiger partial charge in [0.1, 0.15) is 18.4 Å². The first kappa shape index (κ1) is 27.5. The smallest absolute Gasteiger partial charge is 0.326 e. The van der Waals surface area contributed by atoms with Gasteiger partial charge in [-0.25, -0.2) is 4.79 Å². The number of aliphatic carboxylic acids is 1. The fourth-order valence-electron chi connectivity index (χ4n) is 3.28. The van der Waals surface area contributed by atoms with E-state index < -0.39 is 48.7 Å². The van der Waals surface area contributed by atoms with Crippen LogP contribution in [0.15, 0.2) is 54.6 Å². The number of nitrogens with zero attached hydrogens (tertiary/aromatic N) is 1. The topological polar surface area (TPSA) is 133 Å². The molecule has 0 aromatic heterocycles. The van der Waals surface area contributed by atoms with Crippen LogP contribution in [-0.4, -0.2) is 58.6 Å². The molecular weight excluding hydrogens is 474 g/mol. The molecule has 0 bridgehead atoms. The predicted octanol–water partition coefficient (Wildman–Crippen LogP) is 2.28. The van der Waals surface area contributed by atoms with Crippen molar-refractivity contribution in [3.05, 3.63) is 70.7 Å². The Morgan fingerprint density at radius 1 is 1.00 bits per heavy atom. The lowest BCUT2D eigenvalue weighted by atomic mass is 10.0. The van der Waals surface area contributed by atoms with Crippen LogP contribution < -0.4 is 10.6 Å². The van der Waals surface area contributed by atoms with E-state index in [2.05, 4.69) is 10.6 Å². The lowest BCUT2D eigenvalue weighted by molar-refractivity contribution is -0.144. The third kappa shape index (κ3) is 8.53. The molecule has 10 heteroatoms. The number of hydrogen-bond acceptors (Lipinski definition) is 5.